The Hall–Kier alpha value is -1.22. The average Bonchev–Trinajstić information content (AvgIpc) is 2.36. The summed E-state index contributed by atoms with van der Waals surface area (Å²) in [5.41, 5.74) is 1.05. The Labute approximate surface area is 113 Å². The van der Waals surface area contributed by atoms with E-state index in [0.29, 0.717) is 17.2 Å². The monoisotopic (exact) mass is 270 g/mol. The minimum atomic E-state index is -0.588. The summed E-state index contributed by atoms with van der Waals surface area (Å²) in [7, 11) is 1.36. The van der Waals surface area contributed by atoms with Crippen molar-refractivity contribution in [2.75, 3.05) is 7.11 Å². The molecule has 0 N–H and O–H groups in total. The molecule has 0 saturated heterocycles. The minimum Gasteiger partial charge on any atom is -0.477 e. The third-order valence-corrected chi connectivity index (χ3v) is 2.94. The van der Waals surface area contributed by atoms with Gasteiger partial charge in [0, 0.05) is 0 Å². The van der Waals surface area contributed by atoms with Crippen molar-refractivity contribution in [1.29, 1.82) is 0 Å². The number of carbonyl (C=O) groups is 1. The Morgan fingerprint density at radius 3 is 2.72 bits per heavy atom. The predicted molar refractivity (Wildman–Crippen MR) is 72.1 cm³/mol. The standard InChI is InChI=1S/C14H19ClO3/c1-4-5-6-13(14(16)17-3)18-12-8-7-10(2)9-11(12)15/h7-9,13H,4-6H2,1-3H3. The lowest BCUT2D eigenvalue weighted by Gasteiger charge is -2.17. The summed E-state index contributed by atoms with van der Waals surface area (Å²) in [5, 5.41) is 0.514. The van der Waals surface area contributed by atoms with Crippen molar-refractivity contribution in [1.82, 2.24) is 0 Å². The van der Waals surface area contributed by atoms with E-state index >= 15 is 0 Å². The SMILES string of the molecule is CCCCC(Oc1ccc(C)cc1Cl)C(=O)OC. The fourth-order valence-corrected chi connectivity index (χ4v) is 1.88. The number of hydrogen-bond donors (Lipinski definition) is 0. The number of aryl methyl sites for hydroxylation is 1. The Bertz CT molecular complexity index is 404. The van der Waals surface area contributed by atoms with Gasteiger partial charge in [0.1, 0.15) is 5.75 Å². The summed E-state index contributed by atoms with van der Waals surface area (Å²) in [6, 6.07) is 5.49. The Balaban J connectivity index is 2.78. The van der Waals surface area contributed by atoms with Crippen LogP contribution in [0.1, 0.15) is 31.7 Å². The number of methoxy groups -OCH3 is 1. The molecular formula is C14H19ClO3. The zero-order chi connectivity index (χ0) is 13.5. The maximum atomic E-state index is 11.6. The quantitative estimate of drug-likeness (QED) is 0.739. The van der Waals surface area contributed by atoms with Gasteiger partial charge in [-0.05, 0) is 37.5 Å². The number of benzene rings is 1. The fourth-order valence-electron chi connectivity index (χ4n) is 1.60. The molecule has 0 bridgehead atoms. The molecule has 0 aromatic heterocycles. The van der Waals surface area contributed by atoms with Gasteiger partial charge in [-0.25, -0.2) is 4.79 Å². The molecule has 18 heavy (non-hydrogen) atoms. The number of carbonyl (C=O) groups excluding carboxylic acids is 1. The zero-order valence-corrected chi connectivity index (χ0v) is 11.8. The van der Waals surface area contributed by atoms with Gasteiger partial charge in [0.15, 0.2) is 6.10 Å². The molecule has 0 aliphatic rings. The van der Waals surface area contributed by atoms with E-state index in [2.05, 4.69) is 6.92 Å². The van der Waals surface area contributed by atoms with Crippen LogP contribution >= 0.6 is 11.6 Å². The molecule has 0 aliphatic carbocycles. The first-order valence-electron chi connectivity index (χ1n) is 6.09. The molecule has 1 aromatic rings. The van der Waals surface area contributed by atoms with E-state index < -0.39 is 6.10 Å². The van der Waals surface area contributed by atoms with Crippen LogP contribution in [0.2, 0.25) is 5.02 Å². The molecule has 1 unspecified atom stereocenters. The smallest absolute Gasteiger partial charge is 0.347 e. The van der Waals surface area contributed by atoms with E-state index in [1.54, 1.807) is 6.07 Å². The highest BCUT2D eigenvalue weighted by Gasteiger charge is 2.21. The van der Waals surface area contributed by atoms with Crippen LogP contribution in [0.25, 0.3) is 0 Å². The van der Waals surface area contributed by atoms with Crippen molar-refractivity contribution in [2.45, 2.75) is 39.2 Å². The van der Waals surface area contributed by atoms with Crippen molar-refractivity contribution >= 4 is 17.6 Å². The number of unbranched alkanes of at least 4 members (excludes halogenated alkanes) is 1. The topological polar surface area (TPSA) is 35.5 Å². The molecular weight excluding hydrogens is 252 g/mol. The summed E-state index contributed by atoms with van der Waals surface area (Å²) in [6.45, 7) is 4.01. The van der Waals surface area contributed by atoms with Crippen molar-refractivity contribution in [3.8, 4) is 5.75 Å². The summed E-state index contributed by atoms with van der Waals surface area (Å²) < 4.78 is 10.4. The van der Waals surface area contributed by atoms with E-state index in [0.717, 1.165) is 18.4 Å². The number of ether oxygens (including phenoxy) is 2. The molecule has 0 spiro atoms. The lowest BCUT2D eigenvalue weighted by atomic mass is 10.1. The number of halogens is 1. The van der Waals surface area contributed by atoms with Crippen LogP contribution in [0.15, 0.2) is 18.2 Å². The largest absolute Gasteiger partial charge is 0.477 e. The van der Waals surface area contributed by atoms with Gasteiger partial charge in [-0.3, -0.25) is 0 Å². The lowest BCUT2D eigenvalue weighted by Crippen LogP contribution is -2.28. The van der Waals surface area contributed by atoms with Crippen LogP contribution in [-0.4, -0.2) is 19.2 Å². The lowest BCUT2D eigenvalue weighted by molar-refractivity contribution is -0.149. The van der Waals surface area contributed by atoms with Gasteiger partial charge in [-0.1, -0.05) is 31.0 Å². The third kappa shape index (κ3) is 4.22. The van der Waals surface area contributed by atoms with Crippen LogP contribution in [0.5, 0.6) is 5.75 Å². The van der Waals surface area contributed by atoms with Gasteiger partial charge >= 0.3 is 5.97 Å². The Morgan fingerprint density at radius 1 is 1.44 bits per heavy atom. The maximum Gasteiger partial charge on any atom is 0.347 e. The summed E-state index contributed by atoms with van der Waals surface area (Å²) in [6.07, 6.45) is 1.95. The van der Waals surface area contributed by atoms with Crippen molar-refractivity contribution in [3.63, 3.8) is 0 Å². The number of esters is 1. The predicted octanol–water partition coefficient (Wildman–Crippen LogP) is 3.76. The van der Waals surface area contributed by atoms with Crippen molar-refractivity contribution in [3.05, 3.63) is 28.8 Å². The average molecular weight is 271 g/mol. The van der Waals surface area contributed by atoms with Gasteiger partial charge in [-0.15, -0.1) is 0 Å². The fraction of sp³-hybridized carbons (Fsp3) is 0.500. The molecule has 1 aromatic carbocycles. The molecule has 0 fully saturated rings. The maximum absolute atomic E-state index is 11.6. The van der Waals surface area contributed by atoms with Crippen LogP contribution in [0, 0.1) is 6.92 Å². The molecule has 1 atom stereocenters. The summed E-state index contributed by atoms with van der Waals surface area (Å²) >= 11 is 6.08. The molecule has 100 valence electrons. The summed E-state index contributed by atoms with van der Waals surface area (Å²) in [5.74, 6) is 0.161. The van der Waals surface area contributed by atoms with Crippen LogP contribution in [0.3, 0.4) is 0 Å². The van der Waals surface area contributed by atoms with E-state index in [1.807, 2.05) is 19.1 Å². The molecule has 4 heteroatoms. The van der Waals surface area contributed by atoms with Gasteiger partial charge in [0.05, 0.1) is 12.1 Å². The normalized spacial score (nSPS) is 12.0. The van der Waals surface area contributed by atoms with Gasteiger partial charge < -0.3 is 9.47 Å². The van der Waals surface area contributed by atoms with Gasteiger partial charge in [-0.2, -0.15) is 0 Å². The zero-order valence-electron chi connectivity index (χ0n) is 11.0. The third-order valence-electron chi connectivity index (χ3n) is 2.64. The van der Waals surface area contributed by atoms with Gasteiger partial charge in [0.25, 0.3) is 0 Å². The molecule has 0 heterocycles. The van der Waals surface area contributed by atoms with Crippen molar-refractivity contribution in [2.24, 2.45) is 0 Å². The summed E-state index contributed by atoms with van der Waals surface area (Å²) in [4.78, 5) is 11.6. The number of hydrogen-bond acceptors (Lipinski definition) is 3. The van der Waals surface area contributed by atoms with Gasteiger partial charge in [0.2, 0.25) is 0 Å². The molecule has 1 rings (SSSR count). The second-order valence-corrected chi connectivity index (χ2v) is 4.61. The Kier molecular flexibility index (Phi) is 5.99. The highest BCUT2D eigenvalue weighted by Crippen LogP contribution is 2.27. The van der Waals surface area contributed by atoms with E-state index in [1.165, 1.54) is 7.11 Å². The van der Waals surface area contributed by atoms with E-state index in [-0.39, 0.29) is 5.97 Å². The number of rotatable bonds is 6. The first kappa shape index (κ1) is 14.8. The second kappa shape index (κ2) is 7.27. The second-order valence-electron chi connectivity index (χ2n) is 4.21. The molecule has 0 saturated carbocycles. The highest BCUT2D eigenvalue weighted by atomic mass is 35.5. The van der Waals surface area contributed by atoms with Crippen LogP contribution in [0.4, 0.5) is 0 Å². The Morgan fingerprint density at radius 2 is 2.17 bits per heavy atom. The van der Waals surface area contributed by atoms with E-state index in [4.69, 9.17) is 21.1 Å². The molecule has 0 amide bonds. The molecule has 3 nitrogen and oxygen atoms in total. The molecule has 0 radical (unpaired) electrons. The molecule has 0 aliphatic heterocycles. The first-order chi connectivity index (χ1) is 8.58. The van der Waals surface area contributed by atoms with Crippen LogP contribution in [-0.2, 0) is 9.53 Å². The van der Waals surface area contributed by atoms with Crippen LogP contribution < -0.4 is 4.74 Å². The minimum absolute atomic E-state index is 0.361. The first-order valence-corrected chi connectivity index (χ1v) is 6.47. The highest BCUT2D eigenvalue weighted by molar-refractivity contribution is 6.32. The van der Waals surface area contributed by atoms with Crippen molar-refractivity contribution < 1.29 is 14.3 Å². The van der Waals surface area contributed by atoms with E-state index in [9.17, 15) is 4.79 Å².